The Morgan fingerprint density at radius 3 is 2.30 bits per heavy atom. The Bertz CT molecular complexity index is 694. The van der Waals surface area contributed by atoms with E-state index in [0.717, 1.165) is 11.9 Å². The topological polar surface area (TPSA) is 86.8 Å². The first kappa shape index (κ1) is 17.3. The van der Waals surface area contributed by atoms with E-state index in [0.29, 0.717) is 26.2 Å². The van der Waals surface area contributed by atoms with E-state index in [1.165, 1.54) is 5.56 Å². The van der Waals surface area contributed by atoms with Crippen LogP contribution in [0.1, 0.15) is 5.56 Å². The van der Waals surface area contributed by atoms with Gasteiger partial charge in [-0.3, -0.25) is 9.59 Å². The number of anilines is 1. The fourth-order valence-corrected chi connectivity index (χ4v) is 2.84. The van der Waals surface area contributed by atoms with Gasteiger partial charge in [0.05, 0.1) is 6.54 Å². The van der Waals surface area contributed by atoms with Crippen molar-refractivity contribution < 1.29 is 18.0 Å². The van der Waals surface area contributed by atoms with E-state index in [1.54, 1.807) is 4.90 Å². The highest BCUT2D eigenvalue weighted by Gasteiger charge is 2.23. The zero-order chi connectivity index (χ0) is 17.0. The Morgan fingerprint density at radius 1 is 1.13 bits per heavy atom. The largest absolute Gasteiger partial charge is 0.368 e. The summed E-state index contributed by atoms with van der Waals surface area (Å²) in [6.45, 7) is 4.25. The van der Waals surface area contributed by atoms with Gasteiger partial charge in [0.25, 0.3) is 0 Å². The summed E-state index contributed by atoms with van der Waals surface area (Å²) in [5, 5.41) is 1.02. The Balaban J connectivity index is 1.86. The van der Waals surface area contributed by atoms with Crippen LogP contribution >= 0.6 is 0 Å². The first-order valence-corrected chi connectivity index (χ1v) is 9.24. The number of benzene rings is 1. The van der Waals surface area contributed by atoms with Crippen molar-refractivity contribution in [3.8, 4) is 0 Å². The lowest BCUT2D eigenvalue weighted by Gasteiger charge is -2.36. The molecule has 1 aliphatic heterocycles. The van der Waals surface area contributed by atoms with Gasteiger partial charge in [0.2, 0.25) is 15.7 Å². The van der Waals surface area contributed by atoms with Crippen LogP contribution in [0.15, 0.2) is 24.3 Å². The van der Waals surface area contributed by atoms with Crippen LogP contribution in [0.4, 0.5) is 10.5 Å². The van der Waals surface area contributed by atoms with Crippen molar-refractivity contribution >= 4 is 26.7 Å². The molecule has 1 N–H and O–H groups in total. The molecule has 0 atom stereocenters. The lowest BCUT2D eigenvalue weighted by molar-refractivity contribution is -0.130. The lowest BCUT2D eigenvalue weighted by Crippen LogP contribution is -2.51. The van der Waals surface area contributed by atoms with Crippen LogP contribution in [0.25, 0.3) is 0 Å². The standard InChI is InChI=1S/C15H21N3O4S/c1-12-5-3-4-6-13(12)17-7-9-18(10-8-17)14(19)11-16-15(20)23(2,21)22/h3-6H,7-11H2,1-2H3,(H,16,20). The number of nitrogens with zero attached hydrogens (tertiary/aromatic N) is 2. The SMILES string of the molecule is Cc1ccccc1N1CCN(C(=O)CNC(=O)S(C)(=O)=O)CC1. The Hall–Kier alpha value is -2.09. The summed E-state index contributed by atoms with van der Waals surface area (Å²) in [7, 11) is -3.81. The summed E-state index contributed by atoms with van der Waals surface area (Å²) in [5.41, 5.74) is 2.35. The summed E-state index contributed by atoms with van der Waals surface area (Å²) in [4.78, 5) is 27.1. The molecule has 1 heterocycles. The molecule has 126 valence electrons. The van der Waals surface area contributed by atoms with Gasteiger partial charge in [-0.05, 0) is 18.6 Å². The van der Waals surface area contributed by atoms with E-state index in [9.17, 15) is 18.0 Å². The van der Waals surface area contributed by atoms with Crippen molar-refractivity contribution in [3.63, 3.8) is 0 Å². The highest BCUT2D eigenvalue weighted by atomic mass is 32.2. The van der Waals surface area contributed by atoms with Crippen LogP contribution in [-0.4, -0.2) is 63.4 Å². The van der Waals surface area contributed by atoms with E-state index < -0.39 is 15.1 Å². The molecule has 1 aliphatic rings. The van der Waals surface area contributed by atoms with Gasteiger partial charge >= 0.3 is 5.24 Å². The molecular formula is C15H21N3O4S. The quantitative estimate of drug-likeness (QED) is 0.861. The van der Waals surface area contributed by atoms with Crippen molar-refractivity contribution in [1.82, 2.24) is 10.2 Å². The van der Waals surface area contributed by atoms with Gasteiger partial charge in [0, 0.05) is 38.1 Å². The molecule has 0 saturated carbocycles. The van der Waals surface area contributed by atoms with Crippen LogP contribution in [0.2, 0.25) is 0 Å². The second-order valence-corrected chi connectivity index (χ2v) is 7.48. The molecule has 0 spiro atoms. The van der Waals surface area contributed by atoms with Crippen molar-refractivity contribution in [3.05, 3.63) is 29.8 Å². The molecule has 7 nitrogen and oxygen atoms in total. The average Bonchev–Trinajstić information content (AvgIpc) is 2.52. The predicted octanol–water partition coefficient (Wildman–Crippen LogP) is 0.398. The second kappa shape index (κ2) is 6.99. The van der Waals surface area contributed by atoms with E-state index in [2.05, 4.69) is 16.3 Å². The molecule has 23 heavy (non-hydrogen) atoms. The number of sulfone groups is 1. The first-order chi connectivity index (χ1) is 10.8. The van der Waals surface area contributed by atoms with Gasteiger partial charge < -0.3 is 15.1 Å². The summed E-state index contributed by atoms with van der Waals surface area (Å²) in [5.74, 6) is -0.272. The van der Waals surface area contributed by atoms with Crippen LogP contribution in [0, 0.1) is 6.92 Å². The number of aryl methyl sites for hydroxylation is 1. The van der Waals surface area contributed by atoms with Crippen LogP contribution < -0.4 is 10.2 Å². The predicted molar refractivity (Wildman–Crippen MR) is 88.2 cm³/mol. The summed E-state index contributed by atoms with van der Waals surface area (Å²) >= 11 is 0. The number of para-hydroxylation sites is 1. The molecule has 0 aromatic heterocycles. The molecule has 1 fully saturated rings. The molecule has 8 heteroatoms. The minimum absolute atomic E-state index is 0.272. The van der Waals surface area contributed by atoms with E-state index >= 15 is 0 Å². The van der Waals surface area contributed by atoms with Crippen LogP contribution in [0.5, 0.6) is 0 Å². The molecule has 0 radical (unpaired) electrons. The number of carbonyl (C=O) groups excluding carboxylic acids is 2. The molecule has 0 bridgehead atoms. The molecule has 1 aromatic rings. The third-order valence-electron chi connectivity index (χ3n) is 3.81. The number of hydrogen-bond donors (Lipinski definition) is 1. The van der Waals surface area contributed by atoms with Crippen LogP contribution in [0.3, 0.4) is 0 Å². The van der Waals surface area contributed by atoms with Gasteiger partial charge in [0.15, 0.2) is 0 Å². The number of piperazine rings is 1. The fourth-order valence-electron chi connectivity index (χ4n) is 2.51. The second-order valence-electron chi connectivity index (χ2n) is 5.57. The number of nitrogens with one attached hydrogen (secondary N) is 1. The lowest BCUT2D eigenvalue weighted by atomic mass is 10.1. The third kappa shape index (κ3) is 4.44. The summed E-state index contributed by atoms with van der Waals surface area (Å²) in [6.07, 6.45) is 0.813. The van der Waals surface area contributed by atoms with Crippen molar-refractivity contribution in [2.24, 2.45) is 0 Å². The van der Waals surface area contributed by atoms with E-state index in [1.807, 2.05) is 25.1 Å². The van der Waals surface area contributed by atoms with Gasteiger partial charge in [-0.25, -0.2) is 8.42 Å². The van der Waals surface area contributed by atoms with Crippen molar-refractivity contribution in [2.75, 3.05) is 43.9 Å². The minimum atomic E-state index is -3.81. The molecule has 2 rings (SSSR count). The Labute approximate surface area is 136 Å². The number of hydrogen-bond acceptors (Lipinski definition) is 5. The van der Waals surface area contributed by atoms with Gasteiger partial charge in [-0.1, -0.05) is 18.2 Å². The molecule has 0 aliphatic carbocycles. The normalized spacial score (nSPS) is 15.4. The van der Waals surface area contributed by atoms with Crippen molar-refractivity contribution in [2.45, 2.75) is 6.92 Å². The molecule has 0 unspecified atom stereocenters. The Kier molecular flexibility index (Phi) is 5.25. The molecule has 1 aromatic carbocycles. The van der Waals surface area contributed by atoms with Gasteiger partial charge in [-0.2, -0.15) is 0 Å². The van der Waals surface area contributed by atoms with Gasteiger partial charge in [0.1, 0.15) is 0 Å². The highest BCUT2D eigenvalue weighted by Crippen LogP contribution is 2.20. The zero-order valence-electron chi connectivity index (χ0n) is 13.3. The monoisotopic (exact) mass is 339 g/mol. The number of carbonyl (C=O) groups is 2. The zero-order valence-corrected chi connectivity index (χ0v) is 14.1. The average molecular weight is 339 g/mol. The minimum Gasteiger partial charge on any atom is -0.368 e. The maximum Gasteiger partial charge on any atom is 0.336 e. The smallest absolute Gasteiger partial charge is 0.336 e. The number of rotatable bonds is 3. The third-order valence-corrected chi connectivity index (χ3v) is 4.63. The Morgan fingerprint density at radius 2 is 1.74 bits per heavy atom. The van der Waals surface area contributed by atoms with Crippen LogP contribution in [-0.2, 0) is 14.6 Å². The van der Waals surface area contributed by atoms with Crippen molar-refractivity contribution in [1.29, 1.82) is 0 Å². The summed E-state index contributed by atoms with van der Waals surface area (Å²) < 4.78 is 22.0. The summed E-state index contributed by atoms with van der Waals surface area (Å²) in [6, 6.07) is 8.08. The number of amides is 2. The fraction of sp³-hybridized carbons (Fsp3) is 0.467. The molecule has 2 amide bonds. The van der Waals surface area contributed by atoms with E-state index in [-0.39, 0.29) is 12.5 Å². The van der Waals surface area contributed by atoms with E-state index in [4.69, 9.17) is 0 Å². The highest BCUT2D eigenvalue weighted by molar-refractivity contribution is 8.05. The maximum atomic E-state index is 12.0. The molecular weight excluding hydrogens is 318 g/mol. The molecule has 1 saturated heterocycles. The maximum absolute atomic E-state index is 12.0. The first-order valence-electron chi connectivity index (χ1n) is 7.35. The van der Waals surface area contributed by atoms with Gasteiger partial charge in [-0.15, -0.1) is 0 Å².